The van der Waals surface area contributed by atoms with E-state index in [-0.39, 0.29) is 6.61 Å². The Kier molecular flexibility index (Phi) is 10.8. The third kappa shape index (κ3) is 8.13. The lowest BCUT2D eigenvalue weighted by Gasteiger charge is -2.45. The third-order valence-electron chi connectivity index (χ3n) is 6.70. The van der Waals surface area contributed by atoms with Crippen LogP contribution in [0.25, 0.3) is 0 Å². The molecule has 4 rings (SSSR count). The van der Waals surface area contributed by atoms with Crippen LogP contribution in [0.2, 0.25) is 0 Å². The Morgan fingerprint density at radius 3 is 1.60 bits per heavy atom. The van der Waals surface area contributed by atoms with Crippen molar-refractivity contribution in [2.24, 2.45) is 0 Å². The van der Waals surface area contributed by atoms with Gasteiger partial charge in [0.2, 0.25) is 0 Å². The van der Waals surface area contributed by atoms with Gasteiger partial charge >= 0.3 is 20.8 Å². The molecule has 0 aromatic heterocycles. The Bertz CT molecular complexity index is 1440. The van der Waals surface area contributed by atoms with Crippen molar-refractivity contribution in [3.8, 4) is 0 Å². The van der Waals surface area contributed by atoms with Crippen LogP contribution in [0, 0.1) is 0 Å². The van der Waals surface area contributed by atoms with Crippen molar-refractivity contribution in [2.45, 2.75) is 36.3 Å². The molecule has 1 saturated heterocycles. The molecule has 43 heavy (non-hydrogen) atoms. The monoisotopic (exact) mass is 636 g/mol. The summed E-state index contributed by atoms with van der Waals surface area (Å²) in [5.41, 5.74) is 0.916. The molecular weight excluding hydrogens is 604 g/mol. The van der Waals surface area contributed by atoms with Gasteiger partial charge < -0.3 is 18.9 Å². The average Bonchev–Trinajstić information content (AvgIpc) is 2.98. The highest BCUT2D eigenvalue weighted by molar-refractivity contribution is 7.81. The molecule has 14 heteroatoms. The molecule has 5 atom stereocenters. The molecule has 232 valence electrons. The first kappa shape index (κ1) is 32.9. The summed E-state index contributed by atoms with van der Waals surface area (Å²) < 4.78 is 99.8. The Labute approximate surface area is 250 Å². The maximum Gasteiger partial charge on any atom is 0.397 e. The Morgan fingerprint density at radius 2 is 1.21 bits per heavy atom. The van der Waals surface area contributed by atoms with E-state index >= 15 is 0 Å². The van der Waals surface area contributed by atoms with E-state index in [4.69, 9.17) is 27.3 Å². The molecule has 12 nitrogen and oxygen atoms in total. The van der Waals surface area contributed by atoms with Gasteiger partial charge in [0.25, 0.3) is 0 Å². The predicted molar refractivity (Wildman–Crippen MR) is 154 cm³/mol. The quantitative estimate of drug-likeness (QED) is 0.151. The van der Waals surface area contributed by atoms with Crippen LogP contribution >= 0.6 is 0 Å². The minimum Gasteiger partial charge on any atom is -0.368 e. The number of benzene rings is 3. The zero-order valence-corrected chi connectivity index (χ0v) is 24.7. The van der Waals surface area contributed by atoms with Gasteiger partial charge in [-0.3, -0.25) is 9.11 Å². The number of ether oxygens (including phenoxy) is 4. The molecule has 1 aliphatic rings. The van der Waals surface area contributed by atoms with Gasteiger partial charge in [-0.2, -0.15) is 16.8 Å². The topological polar surface area (TPSA) is 164 Å². The van der Waals surface area contributed by atoms with Crippen LogP contribution in [0.15, 0.2) is 104 Å². The molecule has 3 aromatic carbocycles. The van der Waals surface area contributed by atoms with Crippen molar-refractivity contribution >= 4 is 20.8 Å². The molecule has 0 amide bonds. The van der Waals surface area contributed by atoms with E-state index in [1.807, 2.05) is 91.0 Å². The number of hydrogen-bond donors (Lipinski definition) is 2. The van der Waals surface area contributed by atoms with Crippen LogP contribution in [-0.4, -0.2) is 77.0 Å². The van der Waals surface area contributed by atoms with Gasteiger partial charge in [-0.05, 0) is 16.7 Å². The van der Waals surface area contributed by atoms with Crippen LogP contribution in [0.1, 0.15) is 16.7 Å². The molecule has 0 bridgehead atoms. The largest absolute Gasteiger partial charge is 0.397 e. The van der Waals surface area contributed by atoms with Gasteiger partial charge in [0.05, 0.1) is 13.2 Å². The SMILES string of the molecule is C=CCO[C@@H]1[C@H](OS(=O)(=O)O)[C@@H](OC)O[C@H](COC(c2ccccc2)(c2ccccc2)c2ccccc2)[C@H]1OS(=O)(=O)O. The fraction of sp³-hybridized carbons (Fsp3) is 0.310. The van der Waals surface area contributed by atoms with Gasteiger partial charge in [-0.25, -0.2) is 8.37 Å². The first-order chi connectivity index (χ1) is 20.5. The first-order valence-corrected chi connectivity index (χ1v) is 15.7. The molecular formula is C29H32O12S2. The van der Waals surface area contributed by atoms with Gasteiger partial charge in [-0.1, -0.05) is 97.1 Å². The molecule has 0 aliphatic carbocycles. The Hall–Kier alpha value is -3.02. The molecule has 1 heterocycles. The maximum absolute atomic E-state index is 12.0. The van der Waals surface area contributed by atoms with E-state index in [2.05, 4.69) is 6.58 Å². The minimum atomic E-state index is -5.17. The maximum atomic E-state index is 12.0. The van der Waals surface area contributed by atoms with E-state index in [0.29, 0.717) is 0 Å². The zero-order chi connectivity index (χ0) is 31.1. The molecule has 2 N–H and O–H groups in total. The second-order valence-corrected chi connectivity index (χ2v) is 11.5. The third-order valence-corrected chi connectivity index (χ3v) is 7.63. The van der Waals surface area contributed by atoms with E-state index in [1.54, 1.807) is 0 Å². The van der Waals surface area contributed by atoms with Gasteiger partial charge in [0.15, 0.2) is 12.4 Å². The molecule has 1 fully saturated rings. The second kappa shape index (κ2) is 14.2. The highest BCUT2D eigenvalue weighted by Gasteiger charge is 2.53. The molecule has 0 radical (unpaired) electrons. The highest BCUT2D eigenvalue weighted by atomic mass is 32.3. The number of rotatable bonds is 14. The van der Waals surface area contributed by atoms with E-state index in [1.165, 1.54) is 13.2 Å². The van der Waals surface area contributed by atoms with Crippen molar-refractivity contribution < 1.29 is 53.3 Å². The van der Waals surface area contributed by atoms with Crippen LogP contribution in [-0.2, 0) is 53.7 Å². The van der Waals surface area contributed by atoms with Crippen molar-refractivity contribution in [3.05, 3.63) is 120 Å². The van der Waals surface area contributed by atoms with Crippen LogP contribution < -0.4 is 0 Å². The summed E-state index contributed by atoms with van der Waals surface area (Å²) in [6.07, 6.45) is -6.67. The minimum absolute atomic E-state index is 0.229. The van der Waals surface area contributed by atoms with Crippen LogP contribution in [0.5, 0.6) is 0 Å². The molecule has 1 aliphatic heterocycles. The van der Waals surface area contributed by atoms with Crippen molar-refractivity contribution in [1.29, 1.82) is 0 Å². The summed E-state index contributed by atoms with van der Waals surface area (Å²) in [7, 11) is -9.10. The van der Waals surface area contributed by atoms with Gasteiger partial charge in [-0.15, -0.1) is 6.58 Å². The fourth-order valence-electron chi connectivity index (χ4n) is 5.05. The standard InChI is InChI=1S/C29H32O12S2/c1-3-19-37-26-25(40-42(30,31)32)24(39-28(36-2)27(26)41-43(33,34)35)20-38-29(21-13-7-4-8-14-21,22-15-9-5-10-16-22)23-17-11-6-12-18-23/h3-18,24-28H,1,19-20H2,2H3,(H,30,31,32)(H,33,34,35)/t24-,25-,26+,27+,28+/m1/s1. The van der Waals surface area contributed by atoms with Crippen LogP contribution in [0.3, 0.4) is 0 Å². The van der Waals surface area contributed by atoms with Crippen molar-refractivity contribution in [1.82, 2.24) is 0 Å². The molecule has 0 spiro atoms. The first-order valence-electron chi connectivity index (χ1n) is 13.0. The summed E-state index contributed by atoms with van der Waals surface area (Å²) >= 11 is 0. The summed E-state index contributed by atoms with van der Waals surface area (Å²) in [5.74, 6) is 0. The highest BCUT2D eigenvalue weighted by Crippen LogP contribution is 2.41. The zero-order valence-electron chi connectivity index (χ0n) is 23.0. The molecule has 3 aromatic rings. The Morgan fingerprint density at radius 1 is 0.767 bits per heavy atom. The average molecular weight is 637 g/mol. The summed E-state index contributed by atoms with van der Waals surface area (Å²) in [5, 5.41) is 0. The lowest BCUT2D eigenvalue weighted by atomic mass is 9.80. The van der Waals surface area contributed by atoms with E-state index in [0.717, 1.165) is 16.7 Å². The lowest BCUT2D eigenvalue weighted by Crippen LogP contribution is -2.62. The molecule has 0 unspecified atom stereocenters. The van der Waals surface area contributed by atoms with E-state index in [9.17, 15) is 25.9 Å². The van der Waals surface area contributed by atoms with Gasteiger partial charge in [0, 0.05) is 7.11 Å². The number of methoxy groups -OCH3 is 1. The predicted octanol–water partition coefficient (Wildman–Crippen LogP) is 3.31. The fourth-order valence-corrected chi connectivity index (χ4v) is 6.04. The second-order valence-electron chi connectivity index (χ2n) is 9.43. The van der Waals surface area contributed by atoms with E-state index < -0.39 is 63.7 Å². The lowest BCUT2D eigenvalue weighted by molar-refractivity contribution is -0.295. The Balaban J connectivity index is 1.83. The van der Waals surface area contributed by atoms with Crippen molar-refractivity contribution in [3.63, 3.8) is 0 Å². The van der Waals surface area contributed by atoms with Crippen molar-refractivity contribution in [2.75, 3.05) is 20.3 Å². The van der Waals surface area contributed by atoms with Gasteiger partial charge in [0.1, 0.15) is 23.9 Å². The smallest absolute Gasteiger partial charge is 0.368 e. The summed E-state index contributed by atoms with van der Waals surface area (Å²) in [6, 6.07) is 27.9. The summed E-state index contributed by atoms with van der Waals surface area (Å²) in [4.78, 5) is 0. The summed E-state index contributed by atoms with van der Waals surface area (Å²) in [6.45, 7) is 2.92. The van der Waals surface area contributed by atoms with Crippen LogP contribution in [0.4, 0.5) is 0 Å². The molecule has 0 saturated carbocycles. The normalized spacial score (nSPS) is 23.1. The number of hydrogen-bond acceptors (Lipinski definition) is 10.